The lowest BCUT2D eigenvalue weighted by atomic mass is 9.88. The third-order valence-electron chi connectivity index (χ3n) is 5.95. The van der Waals surface area contributed by atoms with Gasteiger partial charge < -0.3 is 4.74 Å². The molecule has 2 aromatic heterocycles. The Morgan fingerprint density at radius 1 is 0.886 bits per heavy atom. The molecule has 0 spiro atoms. The Balaban J connectivity index is 1.53. The molecule has 35 heavy (non-hydrogen) atoms. The van der Waals surface area contributed by atoms with Crippen LogP contribution in [0.2, 0.25) is 0 Å². The van der Waals surface area contributed by atoms with E-state index in [2.05, 4.69) is 29.2 Å². The lowest BCUT2D eigenvalue weighted by Crippen LogP contribution is -2.32. The fourth-order valence-electron chi connectivity index (χ4n) is 4.19. The fourth-order valence-corrected chi connectivity index (χ4v) is 5.19. The average Bonchev–Trinajstić information content (AvgIpc) is 3.36. The number of thiazole rings is 1. The number of fused-ring (bicyclic) bond motifs is 1. The van der Waals surface area contributed by atoms with Gasteiger partial charge in [-0.3, -0.25) is 14.7 Å². The summed E-state index contributed by atoms with van der Waals surface area (Å²) < 4.78 is 6.48. The number of aromatic nitrogens is 2. The Kier molecular flexibility index (Phi) is 6.82. The third kappa shape index (κ3) is 5.08. The van der Waals surface area contributed by atoms with E-state index < -0.39 is 0 Å². The van der Waals surface area contributed by atoms with Crippen LogP contribution in [0.15, 0.2) is 103 Å². The highest BCUT2D eigenvalue weighted by Crippen LogP contribution is 2.36. The molecule has 3 aromatic carbocycles. The molecule has 0 unspecified atom stereocenters. The van der Waals surface area contributed by atoms with Gasteiger partial charge in [-0.25, -0.2) is 4.98 Å². The highest BCUT2D eigenvalue weighted by Gasteiger charge is 2.26. The van der Waals surface area contributed by atoms with Gasteiger partial charge in [-0.2, -0.15) is 0 Å². The summed E-state index contributed by atoms with van der Waals surface area (Å²) in [7, 11) is 1.63. The third-order valence-corrected chi connectivity index (χ3v) is 7.00. The van der Waals surface area contributed by atoms with Gasteiger partial charge in [0.05, 0.1) is 24.0 Å². The molecule has 1 amide bonds. The number of carbonyl (C=O) groups is 1. The van der Waals surface area contributed by atoms with Crippen LogP contribution < -0.4 is 9.64 Å². The van der Waals surface area contributed by atoms with Gasteiger partial charge in [0.15, 0.2) is 5.13 Å². The summed E-state index contributed by atoms with van der Waals surface area (Å²) in [5, 5.41) is 0.639. The van der Waals surface area contributed by atoms with E-state index in [1.165, 1.54) is 11.3 Å². The molecule has 2 heterocycles. The maximum atomic E-state index is 14.0. The predicted molar refractivity (Wildman–Crippen MR) is 141 cm³/mol. The van der Waals surface area contributed by atoms with Gasteiger partial charge in [0.2, 0.25) is 5.91 Å². The smallest absolute Gasteiger partial charge is 0.230 e. The Hall–Kier alpha value is -4.03. The van der Waals surface area contributed by atoms with Crippen molar-refractivity contribution in [3.8, 4) is 5.75 Å². The number of rotatable bonds is 8. The molecule has 0 bridgehead atoms. The predicted octanol–water partition coefficient (Wildman–Crippen LogP) is 6.46. The van der Waals surface area contributed by atoms with Gasteiger partial charge in [-0.05, 0) is 35.4 Å². The topological polar surface area (TPSA) is 55.3 Å². The summed E-state index contributed by atoms with van der Waals surface area (Å²) in [6.45, 7) is 0.345. The zero-order chi connectivity index (χ0) is 24.0. The second-order valence-corrected chi connectivity index (χ2v) is 9.19. The largest absolute Gasteiger partial charge is 0.494 e. The van der Waals surface area contributed by atoms with Gasteiger partial charge in [0, 0.05) is 18.5 Å². The molecule has 0 aliphatic heterocycles. The first kappa shape index (κ1) is 22.7. The maximum absolute atomic E-state index is 14.0. The number of methoxy groups -OCH3 is 1. The van der Waals surface area contributed by atoms with E-state index >= 15 is 0 Å². The van der Waals surface area contributed by atoms with Crippen LogP contribution in [0.1, 0.15) is 29.2 Å². The van der Waals surface area contributed by atoms with Crippen LogP contribution in [-0.4, -0.2) is 23.0 Å². The summed E-state index contributed by atoms with van der Waals surface area (Å²) >= 11 is 1.49. The van der Waals surface area contributed by atoms with Crippen LogP contribution in [0, 0.1) is 0 Å². The fraction of sp³-hybridized carbons (Fsp3) is 0.138. The van der Waals surface area contributed by atoms with E-state index in [9.17, 15) is 4.79 Å². The minimum atomic E-state index is -0.0694. The summed E-state index contributed by atoms with van der Waals surface area (Å²) in [4.78, 5) is 25.0. The molecule has 5 nitrogen and oxygen atoms in total. The minimum Gasteiger partial charge on any atom is -0.494 e. The number of carbonyl (C=O) groups excluding carboxylic acids is 1. The minimum absolute atomic E-state index is 0.00798. The van der Waals surface area contributed by atoms with Crippen molar-refractivity contribution in [3.63, 3.8) is 0 Å². The number of anilines is 1. The molecular formula is C29H25N3O2S. The van der Waals surface area contributed by atoms with Crippen LogP contribution in [0.3, 0.4) is 0 Å². The van der Waals surface area contributed by atoms with Crippen molar-refractivity contribution >= 4 is 32.6 Å². The summed E-state index contributed by atoms with van der Waals surface area (Å²) in [5.41, 5.74) is 3.78. The van der Waals surface area contributed by atoms with Gasteiger partial charge in [0.25, 0.3) is 0 Å². The molecule has 5 aromatic rings. The maximum Gasteiger partial charge on any atom is 0.230 e. The first-order valence-electron chi connectivity index (χ1n) is 11.5. The van der Waals surface area contributed by atoms with E-state index in [-0.39, 0.29) is 11.8 Å². The molecule has 0 aliphatic carbocycles. The van der Waals surface area contributed by atoms with E-state index in [1.807, 2.05) is 72.8 Å². The number of pyridine rings is 1. The SMILES string of the molecule is COc1cccc2sc(N(Cc3ccccn3)C(=O)CC(c3ccccc3)c3ccccc3)nc12. The van der Waals surface area contributed by atoms with Gasteiger partial charge in [0.1, 0.15) is 11.3 Å². The van der Waals surface area contributed by atoms with Crippen LogP contribution in [-0.2, 0) is 11.3 Å². The van der Waals surface area contributed by atoms with Gasteiger partial charge >= 0.3 is 0 Å². The Morgan fingerprint density at radius 3 is 2.20 bits per heavy atom. The van der Waals surface area contributed by atoms with Crippen LogP contribution in [0.25, 0.3) is 10.2 Å². The normalized spacial score (nSPS) is 11.0. The van der Waals surface area contributed by atoms with Crippen LogP contribution >= 0.6 is 11.3 Å². The van der Waals surface area contributed by atoms with Crippen molar-refractivity contribution in [2.75, 3.05) is 12.0 Å². The number of hydrogen-bond donors (Lipinski definition) is 0. The molecule has 0 fully saturated rings. The van der Waals surface area contributed by atoms with Crippen molar-refractivity contribution in [2.45, 2.75) is 18.9 Å². The average molecular weight is 480 g/mol. The number of nitrogens with zero attached hydrogens (tertiary/aromatic N) is 3. The van der Waals surface area contributed by atoms with Gasteiger partial charge in [-0.1, -0.05) is 84.1 Å². The standard InChI is InChI=1S/C29H25N3O2S/c1-34-25-16-10-17-26-28(25)31-29(35-26)32(20-23-15-8-9-18-30-23)27(33)19-24(21-11-4-2-5-12-21)22-13-6-3-7-14-22/h2-18,24H,19-20H2,1H3. The first-order valence-corrected chi connectivity index (χ1v) is 12.3. The van der Waals surface area contributed by atoms with Crippen LogP contribution in [0.5, 0.6) is 5.75 Å². The van der Waals surface area contributed by atoms with E-state index in [4.69, 9.17) is 9.72 Å². The summed E-state index contributed by atoms with van der Waals surface area (Å²) in [6, 6.07) is 31.9. The van der Waals surface area contributed by atoms with Crippen molar-refractivity contribution in [3.05, 3.63) is 120 Å². The van der Waals surface area contributed by atoms with Crippen LogP contribution in [0.4, 0.5) is 5.13 Å². The number of hydrogen-bond acceptors (Lipinski definition) is 5. The number of ether oxygens (including phenoxy) is 1. The monoisotopic (exact) mass is 479 g/mol. The van der Waals surface area contributed by atoms with E-state index in [1.54, 1.807) is 18.2 Å². The Bertz CT molecular complexity index is 1370. The highest BCUT2D eigenvalue weighted by atomic mass is 32.1. The van der Waals surface area contributed by atoms with Crippen molar-refractivity contribution in [1.29, 1.82) is 0 Å². The molecule has 174 valence electrons. The number of para-hydroxylation sites is 1. The molecule has 0 radical (unpaired) electrons. The molecule has 6 heteroatoms. The Morgan fingerprint density at radius 2 is 1.57 bits per heavy atom. The molecule has 0 aliphatic rings. The highest BCUT2D eigenvalue weighted by molar-refractivity contribution is 7.22. The zero-order valence-corrected chi connectivity index (χ0v) is 20.2. The molecule has 5 rings (SSSR count). The summed E-state index contributed by atoms with van der Waals surface area (Å²) in [6.07, 6.45) is 2.06. The molecule has 0 atom stereocenters. The molecule has 0 saturated carbocycles. The molecule has 0 saturated heterocycles. The van der Waals surface area contributed by atoms with E-state index in [0.717, 1.165) is 27.0 Å². The molecular weight excluding hydrogens is 454 g/mol. The zero-order valence-electron chi connectivity index (χ0n) is 19.4. The number of amides is 1. The van der Waals surface area contributed by atoms with Gasteiger partial charge in [-0.15, -0.1) is 0 Å². The Labute approximate surface area is 208 Å². The summed E-state index contributed by atoms with van der Waals surface area (Å²) in [5.74, 6) is 0.619. The van der Waals surface area contributed by atoms with Crippen molar-refractivity contribution < 1.29 is 9.53 Å². The lowest BCUT2D eigenvalue weighted by molar-refractivity contribution is -0.119. The second kappa shape index (κ2) is 10.5. The van der Waals surface area contributed by atoms with E-state index in [0.29, 0.717) is 23.8 Å². The number of benzene rings is 3. The van der Waals surface area contributed by atoms with Crippen molar-refractivity contribution in [1.82, 2.24) is 9.97 Å². The van der Waals surface area contributed by atoms with Crippen molar-refractivity contribution in [2.24, 2.45) is 0 Å². The second-order valence-electron chi connectivity index (χ2n) is 8.18. The lowest BCUT2D eigenvalue weighted by Gasteiger charge is -2.24. The molecule has 0 N–H and O–H groups in total. The first-order chi connectivity index (χ1) is 17.2. The quantitative estimate of drug-likeness (QED) is 0.256.